The lowest BCUT2D eigenvalue weighted by Gasteiger charge is -2.30. The fraction of sp³-hybridized carbons (Fsp3) is 0.462. The number of ether oxygens (including phenoxy) is 2. The Hall–Kier alpha value is -2.54. The average Bonchev–Trinajstić information content (AvgIpc) is 3.34. The number of carbonyl (C=O) groups is 2. The second kappa shape index (κ2) is 11.1. The van der Waals surface area contributed by atoms with Crippen molar-refractivity contribution in [3.8, 4) is 11.5 Å². The number of fused-ring (bicyclic) bond motifs is 1. The summed E-state index contributed by atoms with van der Waals surface area (Å²) in [7, 11) is 0. The molecular formula is C26H31BrN2O4. The largest absolute Gasteiger partial charge is 0.486 e. The van der Waals surface area contributed by atoms with Crippen molar-refractivity contribution >= 4 is 27.7 Å². The fourth-order valence-electron chi connectivity index (χ4n) is 4.40. The summed E-state index contributed by atoms with van der Waals surface area (Å²) in [5.74, 6) is 1.35. The molecule has 176 valence electrons. The SMILES string of the molecule is CC(C(=O)NC1CCCC1)N(Cc1ccc(Br)cc1)C(=O)CCc1ccc2c(c1)OCCO2. The molecule has 0 spiro atoms. The Balaban J connectivity index is 1.44. The summed E-state index contributed by atoms with van der Waals surface area (Å²) in [4.78, 5) is 28.0. The van der Waals surface area contributed by atoms with E-state index in [9.17, 15) is 9.59 Å². The van der Waals surface area contributed by atoms with Gasteiger partial charge in [0.05, 0.1) is 0 Å². The fourth-order valence-corrected chi connectivity index (χ4v) is 4.66. The van der Waals surface area contributed by atoms with Crippen LogP contribution in [-0.2, 0) is 22.6 Å². The standard InChI is InChI=1S/C26H31BrN2O4/c1-18(26(31)28-22-4-2-3-5-22)29(17-20-6-10-21(27)11-7-20)25(30)13-9-19-8-12-23-24(16-19)33-15-14-32-23/h6-8,10-12,16,18,22H,2-5,9,13-15,17H2,1H3,(H,28,31). The summed E-state index contributed by atoms with van der Waals surface area (Å²) < 4.78 is 12.2. The van der Waals surface area contributed by atoms with Crippen LogP contribution in [-0.4, -0.2) is 42.0 Å². The minimum Gasteiger partial charge on any atom is -0.486 e. The molecule has 1 heterocycles. The van der Waals surface area contributed by atoms with Crippen LogP contribution in [0.4, 0.5) is 0 Å². The molecule has 1 atom stereocenters. The molecule has 4 rings (SSSR count). The molecule has 0 aromatic heterocycles. The predicted octanol–water partition coefficient (Wildman–Crippen LogP) is 4.63. The van der Waals surface area contributed by atoms with Gasteiger partial charge in [-0.3, -0.25) is 9.59 Å². The number of benzene rings is 2. The third-order valence-electron chi connectivity index (χ3n) is 6.37. The molecule has 1 saturated carbocycles. The maximum Gasteiger partial charge on any atom is 0.242 e. The van der Waals surface area contributed by atoms with Crippen molar-refractivity contribution in [2.45, 2.75) is 64.1 Å². The summed E-state index contributed by atoms with van der Waals surface area (Å²) in [5, 5.41) is 3.15. The lowest BCUT2D eigenvalue weighted by atomic mass is 10.1. The van der Waals surface area contributed by atoms with Gasteiger partial charge in [-0.05, 0) is 61.6 Å². The number of hydrogen-bond donors (Lipinski definition) is 1. The van der Waals surface area contributed by atoms with Gasteiger partial charge in [-0.2, -0.15) is 0 Å². The quantitative estimate of drug-likeness (QED) is 0.557. The molecule has 2 amide bonds. The second-order valence-electron chi connectivity index (χ2n) is 8.79. The van der Waals surface area contributed by atoms with Gasteiger partial charge in [0.1, 0.15) is 19.3 Å². The first-order valence-corrected chi connectivity index (χ1v) is 12.5. The highest BCUT2D eigenvalue weighted by Crippen LogP contribution is 2.31. The van der Waals surface area contributed by atoms with Crippen molar-refractivity contribution in [2.75, 3.05) is 13.2 Å². The molecule has 6 nitrogen and oxygen atoms in total. The topological polar surface area (TPSA) is 67.9 Å². The Bertz CT molecular complexity index is 973. The van der Waals surface area contributed by atoms with Gasteiger partial charge >= 0.3 is 0 Å². The Morgan fingerprint density at radius 1 is 1.03 bits per heavy atom. The zero-order valence-corrected chi connectivity index (χ0v) is 20.6. The molecule has 33 heavy (non-hydrogen) atoms. The van der Waals surface area contributed by atoms with E-state index in [2.05, 4.69) is 21.2 Å². The van der Waals surface area contributed by atoms with Gasteiger partial charge in [0.25, 0.3) is 0 Å². The molecule has 0 saturated heterocycles. The van der Waals surface area contributed by atoms with E-state index in [1.165, 1.54) is 0 Å². The van der Waals surface area contributed by atoms with E-state index >= 15 is 0 Å². The van der Waals surface area contributed by atoms with Crippen LogP contribution in [0.1, 0.15) is 50.2 Å². The highest BCUT2D eigenvalue weighted by Gasteiger charge is 2.28. The molecule has 0 bridgehead atoms. The Morgan fingerprint density at radius 2 is 1.70 bits per heavy atom. The van der Waals surface area contributed by atoms with E-state index < -0.39 is 6.04 Å². The third kappa shape index (κ3) is 6.28. The number of amides is 2. The number of rotatable bonds is 8. The third-order valence-corrected chi connectivity index (χ3v) is 6.90. The number of nitrogens with zero attached hydrogens (tertiary/aromatic N) is 1. The summed E-state index contributed by atoms with van der Waals surface area (Å²) in [6.07, 6.45) is 5.22. The van der Waals surface area contributed by atoms with Crippen molar-refractivity contribution < 1.29 is 19.1 Å². The number of aryl methyl sites for hydroxylation is 1. The molecule has 2 aromatic carbocycles. The molecule has 2 aliphatic rings. The maximum atomic E-state index is 13.3. The zero-order valence-electron chi connectivity index (χ0n) is 19.0. The van der Waals surface area contributed by atoms with Gasteiger partial charge in [-0.1, -0.05) is 47.0 Å². The molecular weight excluding hydrogens is 484 g/mol. The first kappa shape index (κ1) is 23.6. The Kier molecular flexibility index (Phi) is 7.91. The number of nitrogens with one attached hydrogen (secondary N) is 1. The van der Waals surface area contributed by atoms with Crippen LogP contribution in [0.25, 0.3) is 0 Å². The predicted molar refractivity (Wildman–Crippen MR) is 130 cm³/mol. The molecule has 2 aromatic rings. The van der Waals surface area contributed by atoms with Gasteiger partial charge < -0.3 is 19.7 Å². The van der Waals surface area contributed by atoms with Crippen LogP contribution < -0.4 is 14.8 Å². The molecule has 1 aliphatic carbocycles. The summed E-state index contributed by atoms with van der Waals surface area (Å²) in [6.45, 7) is 3.30. The smallest absolute Gasteiger partial charge is 0.242 e. The van der Waals surface area contributed by atoms with E-state index in [1.807, 2.05) is 49.4 Å². The maximum absolute atomic E-state index is 13.3. The second-order valence-corrected chi connectivity index (χ2v) is 9.71. The minimum absolute atomic E-state index is 0.0399. The van der Waals surface area contributed by atoms with Crippen LogP contribution >= 0.6 is 15.9 Å². The summed E-state index contributed by atoms with van der Waals surface area (Å²) in [5.41, 5.74) is 2.01. The van der Waals surface area contributed by atoms with Crippen LogP contribution in [0, 0.1) is 0 Å². The van der Waals surface area contributed by atoms with E-state index in [0.717, 1.165) is 52.8 Å². The minimum atomic E-state index is -0.540. The summed E-state index contributed by atoms with van der Waals surface area (Å²) >= 11 is 3.45. The highest BCUT2D eigenvalue weighted by molar-refractivity contribution is 9.10. The first-order valence-electron chi connectivity index (χ1n) is 11.7. The Morgan fingerprint density at radius 3 is 2.42 bits per heavy atom. The van der Waals surface area contributed by atoms with Crippen LogP contribution in [0.5, 0.6) is 11.5 Å². The van der Waals surface area contributed by atoms with Gasteiger partial charge in [0, 0.05) is 23.5 Å². The van der Waals surface area contributed by atoms with Crippen LogP contribution in [0.2, 0.25) is 0 Å². The molecule has 1 fully saturated rings. The molecule has 0 radical (unpaired) electrons. The summed E-state index contributed by atoms with van der Waals surface area (Å²) in [6, 6.07) is 13.4. The molecule has 1 aliphatic heterocycles. The van der Waals surface area contributed by atoms with E-state index in [1.54, 1.807) is 4.90 Å². The van der Waals surface area contributed by atoms with Crippen molar-refractivity contribution in [3.05, 3.63) is 58.1 Å². The van der Waals surface area contributed by atoms with E-state index in [-0.39, 0.29) is 17.9 Å². The van der Waals surface area contributed by atoms with Gasteiger partial charge in [-0.25, -0.2) is 0 Å². The van der Waals surface area contributed by atoms with Crippen molar-refractivity contribution in [1.82, 2.24) is 10.2 Å². The van der Waals surface area contributed by atoms with E-state index in [0.29, 0.717) is 32.6 Å². The van der Waals surface area contributed by atoms with Gasteiger partial charge in [0.15, 0.2) is 11.5 Å². The van der Waals surface area contributed by atoms with Gasteiger partial charge in [0.2, 0.25) is 11.8 Å². The first-order chi connectivity index (χ1) is 16.0. The monoisotopic (exact) mass is 514 g/mol. The highest BCUT2D eigenvalue weighted by atomic mass is 79.9. The average molecular weight is 515 g/mol. The van der Waals surface area contributed by atoms with Crippen molar-refractivity contribution in [1.29, 1.82) is 0 Å². The molecule has 1 unspecified atom stereocenters. The number of hydrogen-bond acceptors (Lipinski definition) is 4. The van der Waals surface area contributed by atoms with Crippen molar-refractivity contribution in [3.63, 3.8) is 0 Å². The lowest BCUT2D eigenvalue weighted by molar-refractivity contribution is -0.140. The number of carbonyl (C=O) groups excluding carboxylic acids is 2. The van der Waals surface area contributed by atoms with Gasteiger partial charge in [-0.15, -0.1) is 0 Å². The normalized spacial score (nSPS) is 16.3. The van der Waals surface area contributed by atoms with Crippen molar-refractivity contribution in [2.24, 2.45) is 0 Å². The van der Waals surface area contributed by atoms with Crippen LogP contribution in [0.3, 0.4) is 0 Å². The molecule has 7 heteroatoms. The zero-order chi connectivity index (χ0) is 23.2. The number of halogens is 1. The van der Waals surface area contributed by atoms with E-state index in [4.69, 9.17) is 9.47 Å². The lowest BCUT2D eigenvalue weighted by Crippen LogP contribution is -2.49. The Labute approximate surface area is 203 Å². The van der Waals surface area contributed by atoms with Crippen LogP contribution in [0.15, 0.2) is 46.9 Å². The molecule has 1 N–H and O–H groups in total.